The van der Waals surface area contributed by atoms with E-state index in [1.165, 1.54) is 22.6 Å². The van der Waals surface area contributed by atoms with Crippen LogP contribution in [0.5, 0.6) is 0 Å². The molecule has 0 amide bonds. The van der Waals surface area contributed by atoms with Crippen molar-refractivity contribution in [2.75, 3.05) is 30.4 Å². The molecule has 1 aromatic carbocycles. The lowest BCUT2D eigenvalue weighted by molar-refractivity contribution is 0.496. The molecule has 0 aliphatic carbocycles. The van der Waals surface area contributed by atoms with Crippen LogP contribution in [0.2, 0.25) is 0 Å². The van der Waals surface area contributed by atoms with Gasteiger partial charge in [0.05, 0.1) is 6.20 Å². The van der Waals surface area contributed by atoms with Gasteiger partial charge in [-0.3, -0.25) is 5.10 Å². The fraction of sp³-hybridized carbons (Fsp3) is 0.357. The first-order valence-corrected chi connectivity index (χ1v) is 6.40. The third-order valence-corrected chi connectivity index (χ3v) is 4.41. The van der Waals surface area contributed by atoms with E-state index in [1.807, 2.05) is 6.20 Å². The van der Waals surface area contributed by atoms with E-state index in [9.17, 15) is 0 Å². The van der Waals surface area contributed by atoms with Crippen LogP contribution in [0.25, 0.3) is 0 Å². The molecule has 92 valence electrons. The Bertz CT molecular complexity index is 603. The number of hydrogen-bond donors (Lipinski definition) is 2. The maximum atomic E-state index is 4.25. The average Bonchev–Trinajstić information content (AvgIpc) is 3.01. The molecule has 1 atom stereocenters. The number of anilines is 2. The van der Waals surface area contributed by atoms with Gasteiger partial charge in [0.25, 0.3) is 0 Å². The lowest BCUT2D eigenvalue weighted by Gasteiger charge is -2.37. The first kappa shape index (κ1) is 10.00. The molecule has 4 rings (SSSR count). The predicted octanol–water partition coefficient (Wildman–Crippen LogP) is 1.96. The number of fused-ring (bicyclic) bond motifs is 4. The lowest BCUT2D eigenvalue weighted by Crippen LogP contribution is -2.40. The molecular weight excluding hydrogens is 224 g/mol. The van der Waals surface area contributed by atoms with Gasteiger partial charge in [-0.2, -0.15) is 5.10 Å². The van der Waals surface area contributed by atoms with Gasteiger partial charge in [0.1, 0.15) is 5.82 Å². The van der Waals surface area contributed by atoms with Gasteiger partial charge in [-0.25, -0.2) is 0 Å². The van der Waals surface area contributed by atoms with E-state index in [0.717, 1.165) is 19.5 Å². The minimum atomic E-state index is 0.103. The van der Waals surface area contributed by atoms with Crippen molar-refractivity contribution in [1.82, 2.24) is 10.2 Å². The minimum absolute atomic E-state index is 0.103. The Balaban J connectivity index is 1.95. The third kappa shape index (κ3) is 1.08. The molecule has 4 heteroatoms. The number of rotatable bonds is 0. The Morgan fingerprint density at radius 2 is 2.17 bits per heavy atom. The standard InChI is InChI=1S/C14H16N4/c1-18-7-6-14(11-8-16-17-13(11)18)9-15-12-5-3-2-4-10(12)14/h2-5,8,15H,6-7,9H2,1H3,(H,16,17). The summed E-state index contributed by atoms with van der Waals surface area (Å²) in [5.74, 6) is 1.17. The Labute approximate surface area is 106 Å². The van der Waals surface area contributed by atoms with Crippen LogP contribution in [0.15, 0.2) is 30.5 Å². The van der Waals surface area contributed by atoms with Crippen LogP contribution >= 0.6 is 0 Å². The van der Waals surface area contributed by atoms with Gasteiger partial charge in [0, 0.05) is 36.8 Å². The molecule has 0 bridgehead atoms. The minimum Gasteiger partial charge on any atom is -0.384 e. The molecule has 1 aromatic heterocycles. The molecular formula is C14H16N4. The van der Waals surface area contributed by atoms with Crippen LogP contribution in [0.3, 0.4) is 0 Å². The van der Waals surface area contributed by atoms with E-state index in [4.69, 9.17) is 0 Å². The van der Waals surface area contributed by atoms with Crippen LogP contribution in [0, 0.1) is 0 Å². The molecule has 0 saturated carbocycles. The summed E-state index contributed by atoms with van der Waals surface area (Å²) in [7, 11) is 2.12. The third-order valence-electron chi connectivity index (χ3n) is 4.41. The van der Waals surface area contributed by atoms with Gasteiger partial charge in [0.15, 0.2) is 0 Å². The summed E-state index contributed by atoms with van der Waals surface area (Å²) in [5, 5.41) is 10.9. The maximum Gasteiger partial charge on any atom is 0.127 e. The van der Waals surface area contributed by atoms with E-state index >= 15 is 0 Å². The quantitative estimate of drug-likeness (QED) is 0.740. The first-order valence-electron chi connectivity index (χ1n) is 6.40. The van der Waals surface area contributed by atoms with E-state index in [2.05, 4.69) is 51.7 Å². The zero-order valence-electron chi connectivity index (χ0n) is 10.4. The Morgan fingerprint density at radius 1 is 1.28 bits per heavy atom. The van der Waals surface area contributed by atoms with Gasteiger partial charge < -0.3 is 10.2 Å². The van der Waals surface area contributed by atoms with Gasteiger partial charge >= 0.3 is 0 Å². The van der Waals surface area contributed by atoms with Gasteiger partial charge in [-0.1, -0.05) is 18.2 Å². The highest BCUT2D eigenvalue weighted by atomic mass is 15.3. The van der Waals surface area contributed by atoms with Crippen molar-refractivity contribution in [3.05, 3.63) is 41.6 Å². The van der Waals surface area contributed by atoms with Crippen molar-refractivity contribution >= 4 is 11.5 Å². The first-order chi connectivity index (χ1) is 8.81. The molecule has 2 aliphatic heterocycles. The largest absolute Gasteiger partial charge is 0.384 e. The summed E-state index contributed by atoms with van der Waals surface area (Å²) < 4.78 is 0. The van der Waals surface area contributed by atoms with Crippen molar-refractivity contribution < 1.29 is 0 Å². The van der Waals surface area contributed by atoms with E-state index in [0.29, 0.717) is 0 Å². The van der Waals surface area contributed by atoms with Crippen LogP contribution < -0.4 is 10.2 Å². The molecule has 2 aromatic rings. The summed E-state index contributed by atoms with van der Waals surface area (Å²) in [5.41, 5.74) is 4.12. The average molecular weight is 240 g/mol. The Kier molecular flexibility index (Phi) is 1.82. The summed E-state index contributed by atoms with van der Waals surface area (Å²) in [4.78, 5) is 2.26. The summed E-state index contributed by atoms with van der Waals surface area (Å²) in [6, 6.07) is 8.64. The van der Waals surface area contributed by atoms with Gasteiger partial charge in [0.2, 0.25) is 0 Å². The zero-order valence-corrected chi connectivity index (χ0v) is 10.4. The number of aromatic nitrogens is 2. The fourth-order valence-electron chi connectivity index (χ4n) is 3.38. The smallest absolute Gasteiger partial charge is 0.127 e. The predicted molar refractivity (Wildman–Crippen MR) is 72.2 cm³/mol. The summed E-state index contributed by atoms with van der Waals surface area (Å²) in [6.07, 6.45) is 3.13. The van der Waals surface area contributed by atoms with Crippen LogP contribution in [-0.2, 0) is 5.41 Å². The van der Waals surface area contributed by atoms with E-state index in [1.54, 1.807) is 0 Å². The lowest BCUT2D eigenvalue weighted by atomic mass is 9.72. The molecule has 18 heavy (non-hydrogen) atoms. The number of nitrogens with one attached hydrogen (secondary N) is 2. The highest BCUT2D eigenvalue weighted by Crippen LogP contribution is 2.48. The second-order valence-corrected chi connectivity index (χ2v) is 5.29. The van der Waals surface area contributed by atoms with Crippen LogP contribution in [0.4, 0.5) is 11.5 Å². The van der Waals surface area contributed by atoms with E-state index in [-0.39, 0.29) is 5.41 Å². The topological polar surface area (TPSA) is 44.0 Å². The molecule has 1 spiro atoms. The number of nitrogens with zero attached hydrogens (tertiary/aromatic N) is 2. The Hall–Kier alpha value is -1.97. The molecule has 3 heterocycles. The molecule has 1 unspecified atom stereocenters. The normalized spacial score (nSPS) is 24.8. The molecule has 0 radical (unpaired) electrons. The molecule has 0 saturated heterocycles. The fourth-order valence-corrected chi connectivity index (χ4v) is 3.38. The van der Waals surface area contributed by atoms with Crippen molar-refractivity contribution in [2.24, 2.45) is 0 Å². The second-order valence-electron chi connectivity index (χ2n) is 5.29. The van der Waals surface area contributed by atoms with Crippen LogP contribution in [-0.4, -0.2) is 30.3 Å². The number of aromatic amines is 1. The monoisotopic (exact) mass is 240 g/mol. The van der Waals surface area contributed by atoms with Crippen molar-refractivity contribution in [3.8, 4) is 0 Å². The summed E-state index contributed by atoms with van der Waals surface area (Å²) >= 11 is 0. The number of H-pyrrole nitrogens is 1. The van der Waals surface area contributed by atoms with Crippen molar-refractivity contribution in [2.45, 2.75) is 11.8 Å². The van der Waals surface area contributed by atoms with Crippen molar-refractivity contribution in [3.63, 3.8) is 0 Å². The number of para-hydroxylation sites is 1. The molecule has 4 nitrogen and oxygen atoms in total. The molecule has 2 aliphatic rings. The van der Waals surface area contributed by atoms with E-state index < -0.39 is 0 Å². The maximum absolute atomic E-state index is 4.25. The highest BCUT2D eigenvalue weighted by molar-refractivity contribution is 5.68. The second kappa shape index (κ2) is 3.28. The van der Waals surface area contributed by atoms with Crippen molar-refractivity contribution in [1.29, 1.82) is 0 Å². The Morgan fingerprint density at radius 3 is 3.11 bits per heavy atom. The number of benzene rings is 1. The van der Waals surface area contributed by atoms with Gasteiger partial charge in [-0.15, -0.1) is 0 Å². The zero-order chi connectivity index (χ0) is 12.2. The van der Waals surface area contributed by atoms with Gasteiger partial charge in [-0.05, 0) is 18.1 Å². The molecule has 0 fully saturated rings. The van der Waals surface area contributed by atoms with Crippen LogP contribution in [0.1, 0.15) is 17.5 Å². The summed E-state index contributed by atoms with van der Waals surface area (Å²) in [6.45, 7) is 2.04. The molecule has 2 N–H and O–H groups in total. The highest BCUT2D eigenvalue weighted by Gasteiger charge is 2.45. The SMILES string of the molecule is CN1CCC2(CNc3ccccc32)c2cn[nH]c21. The number of hydrogen-bond acceptors (Lipinski definition) is 3.